The van der Waals surface area contributed by atoms with Crippen LogP contribution >= 0.6 is 0 Å². The third-order valence-corrected chi connectivity index (χ3v) is 3.52. The van der Waals surface area contributed by atoms with Gasteiger partial charge >= 0.3 is 5.97 Å². The van der Waals surface area contributed by atoms with Crippen LogP contribution in [0.5, 0.6) is 0 Å². The molecule has 3 rings (SSSR count). The van der Waals surface area contributed by atoms with Crippen LogP contribution in [0.4, 0.5) is 5.69 Å². The van der Waals surface area contributed by atoms with Crippen molar-refractivity contribution in [3.05, 3.63) is 72.4 Å². The van der Waals surface area contributed by atoms with E-state index in [0.29, 0.717) is 6.42 Å². The lowest BCUT2D eigenvalue weighted by molar-refractivity contribution is -0.137. The Morgan fingerprint density at radius 1 is 1.09 bits per heavy atom. The maximum absolute atomic E-state index is 11.5. The van der Waals surface area contributed by atoms with Crippen LogP contribution in [0.3, 0.4) is 0 Å². The highest BCUT2D eigenvalue weighted by molar-refractivity contribution is 5.84. The second-order valence-corrected chi connectivity index (χ2v) is 5.14. The summed E-state index contributed by atoms with van der Waals surface area (Å²) in [7, 11) is 0. The van der Waals surface area contributed by atoms with Crippen LogP contribution in [0.1, 0.15) is 5.56 Å². The zero-order valence-electron chi connectivity index (χ0n) is 11.9. The lowest BCUT2D eigenvalue weighted by Crippen LogP contribution is -2.31. The van der Waals surface area contributed by atoms with Crippen molar-refractivity contribution in [2.24, 2.45) is 0 Å². The number of aromatic nitrogens is 1. The first kappa shape index (κ1) is 14.1. The molecule has 0 amide bonds. The molecule has 3 aromatic rings. The maximum Gasteiger partial charge on any atom is 0.326 e. The zero-order chi connectivity index (χ0) is 15.4. The Kier molecular flexibility index (Phi) is 4.01. The van der Waals surface area contributed by atoms with Gasteiger partial charge in [-0.05, 0) is 29.8 Å². The molecule has 0 aliphatic rings. The van der Waals surface area contributed by atoms with Crippen LogP contribution in [0.2, 0.25) is 0 Å². The largest absolute Gasteiger partial charge is 0.480 e. The highest BCUT2D eigenvalue weighted by atomic mass is 16.4. The summed E-state index contributed by atoms with van der Waals surface area (Å²) in [6.45, 7) is 0. The Bertz CT molecular complexity index is 787. The number of anilines is 1. The number of carbonyl (C=O) groups is 1. The van der Waals surface area contributed by atoms with E-state index >= 15 is 0 Å². The van der Waals surface area contributed by atoms with Gasteiger partial charge in [0.05, 0.1) is 5.52 Å². The molecule has 4 nitrogen and oxygen atoms in total. The second kappa shape index (κ2) is 6.26. The van der Waals surface area contributed by atoms with Crippen molar-refractivity contribution in [2.45, 2.75) is 12.5 Å². The van der Waals surface area contributed by atoms with E-state index in [-0.39, 0.29) is 0 Å². The van der Waals surface area contributed by atoms with Gasteiger partial charge in [-0.1, -0.05) is 36.4 Å². The van der Waals surface area contributed by atoms with Crippen molar-refractivity contribution < 1.29 is 9.90 Å². The summed E-state index contributed by atoms with van der Waals surface area (Å²) < 4.78 is 0. The second-order valence-electron chi connectivity index (χ2n) is 5.14. The quantitative estimate of drug-likeness (QED) is 0.757. The van der Waals surface area contributed by atoms with E-state index in [0.717, 1.165) is 22.2 Å². The van der Waals surface area contributed by atoms with Crippen LogP contribution < -0.4 is 5.32 Å². The van der Waals surface area contributed by atoms with Crippen LogP contribution in [0.25, 0.3) is 10.9 Å². The van der Waals surface area contributed by atoms with Gasteiger partial charge in [-0.15, -0.1) is 0 Å². The minimum absolute atomic E-state index is 0.432. The molecular formula is C18H16N2O2. The summed E-state index contributed by atoms with van der Waals surface area (Å²) in [6.07, 6.45) is 2.17. The number of fused-ring (bicyclic) bond motifs is 1. The molecule has 0 bridgehead atoms. The van der Waals surface area contributed by atoms with Gasteiger partial charge in [0.2, 0.25) is 0 Å². The van der Waals surface area contributed by atoms with Gasteiger partial charge in [0, 0.05) is 23.7 Å². The number of carboxylic acids is 1. The Hall–Kier alpha value is -2.88. The third kappa shape index (κ3) is 3.23. The lowest BCUT2D eigenvalue weighted by Gasteiger charge is -2.16. The number of aliphatic carboxylic acids is 1. The molecule has 0 radical (unpaired) electrons. The molecule has 0 saturated heterocycles. The molecule has 0 saturated carbocycles. The smallest absolute Gasteiger partial charge is 0.326 e. The monoisotopic (exact) mass is 292 g/mol. The normalized spacial score (nSPS) is 12.0. The van der Waals surface area contributed by atoms with Gasteiger partial charge in [0.1, 0.15) is 6.04 Å². The van der Waals surface area contributed by atoms with E-state index < -0.39 is 12.0 Å². The van der Waals surface area contributed by atoms with Crippen molar-refractivity contribution in [3.8, 4) is 0 Å². The van der Waals surface area contributed by atoms with E-state index in [1.165, 1.54) is 0 Å². The topological polar surface area (TPSA) is 62.2 Å². The van der Waals surface area contributed by atoms with Gasteiger partial charge < -0.3 is 10.4 Å². The highest BCUT2D eigenvalue weighted by Gasteiger charge is 2.17. The first-order valence-electron chi connectivity index (χ1n) is 7.10. The number of hydrogen-bond acceptors (Lipinski definition) is 3. The molecule has 0 aliphatic carbocycles. The molecule has 1 atom stereocenters. The molecule has 2 aromatic carbocycles. The number of hydrogen-bond donors (Lipinski definition) is 2. The molecule has 1 heterocycles. The SMILES string of the molecule is O=C(O)C(Cc1ccccc1)Nc1ccc2ncccc2c1. The van der Waals surface area contributed by atoms with Crippen molar-refractivity contribution in [1.29, 1.82) is 0 Å². The Morgan fingerprint density at radius 2 is 1.91 bits per heavy atom. The Labute approximate surface area is 128 Å². The number of pyridine rings is 1. The third-order valence-electron chi connectivity index (χ3n) is 3.52. The van der Waals surface area contributed by atoms with E-state index in [4.69, 9.17) is 0 Å². The summed E-state index contributed by atoms with van der Waals surface area (Å²) in [6, 6.07) is 18.4. The molecule has 1 aromatic heterocycles. The average molecular weight is 292 g/mol. The highest BCUT2D eigenvalue weighted by Crippen LogP contribution is 2.18. The standard InChI is InChI=1S/C18H16N2O2/c21-18(22)17(11-13-5-2-1-3-6-13)20-15-8-9-16-14(12-15)7-4-10-19-16/h1-10,12,17,20H,11H2,(H,21,22). The number of nitrogens with zero attached hydrogens (tertiary/aromatic N) is 1. The van der Waals surface area contributed by atoms with Crippen LogP contribution in [-0.4, -0.2) is 22.1 Å². The van der Waals surface area contributed by atoms with Gasteiger partial charge in [-0.3, -0.25) is 4.98 Å². The fraction of sp³-hybridized carbons (Fsp3) is 0.111. The predicted octanol–water partition coefficient (Wildman–Crippen LogP) is 3.34. The summed E-state index contributed by atoms with van der Waals surface area (Å²) >= 11 is 0. The summed E-state index contributed by atoms with van der Waals surface area (Å²) in [5.41, 5.74) is 2.66. The van der Waals surface area contributed by atoms with Gasteiger partial charge in [-0.25, -0.2) is 4.79 Å². The number of benzene rings is 2. The first-order chi connectivity index (χ1) is 10.7. The number of nitrogens with one attached hydrogen (secondary N) is 1. The van der Waals surface area contributed by atoms with E-state index in [1.807, 2.05) is 60.7 Å². The summed E-state index contributed by atoms with van der Waals surface area (Å²) in [5, 5.41) is 13.5. The molecule has 0 spiro atoms. The average Bonchev–Trinajstić information content (AvgIpc) is 2.55. The van der Waals surface area contributed by atoms with Gasteiger partial charge in [-0.2, -0.15) is 0 Å². The van der Waals surface area contributed by atoms with Gasteiger partial charge in [0.25, 0.3) is 0 Å². The van der Waals surface area contributed by atoms with Crippen LogP contribution in [0.15, 0.2) is 66.9 Å². The lowest BCUT2D eigenvalue weighted by atomic mass is 10.1. The Morgan fingerprint density at radius 3 is 2.68 bits per heavy atom. The fourth-order valence-electron chi connectivity index (χ4n) is 2.42. The van der Waals surface area contributed by atoms with Crippen molar-refractivity contribution in [1.82, 2.24) is 4.98 Å². The molecule has 110 valence electrons. The zero-order valence-corrected chi connectivity index (χ0v) is 11.9. The van der Waals surface area contributed by atoms with Gasteiger partial charge in [0.15, 0.2) is 0 Å². The van der Waals surface area contributed by atoms with Crippen molar-refractivity contribution in [3.63, 3.8) is 0 Å². The molecule has 1 unspecified atom stereocenters. The Balaban J connectivity index is 1.81. The number of carboxylic acid groups (broad SMARTS) is 1. The first-order valence-corrected chi connectivity index (χ1v) is 7.10. The van der Waals surface area contributed by atoms with Crippen molar-refractivity contribution >= 4 is 22.6 Å². The maximum atomic E-state index is 11.5. The minimum atomic E-state index is -0.866. The molecule has 4 heteroatoms. The predicted molar refractivity (Wildman–Crippen MR) is 86.9 cm³/mol. The molecular weight excluding hydrogens is 276 g/mol. The molecule has 2 N–H and O–H groups in total. The van der Waals surface area contributed by atoms with E-state index in [1.54, 1.807) is 6.20 Å². The van der Waals surface area contributed by atoms with Crippen LogP contribution in [-0.2, 0) is 11.2 Å². The minimum Gasteiger partial charge on any atom is -0.480 e. The van der Waals surface area contributed by atoms with Crippen LogP contribution in [0, 0.1) is 0 Å². The molecule has 22 heavy (non-hydrogen) atoms. The van der Waals surface area contributed by atoms with E-state index in [2.05, 4.69) is 10.3 Å². The number of rotatable bonds is 5. The summed E-state index contributed by atoms with van der Waals surface area (Å²) in [5.74, 6) is -0.866. The van der Waals surface area contributed by atoms with Crippen molar-refractivity contribution in [2.75, 3.05) is 5.32 Å². The fourth-order valence-corrected chi connectivity index (χ4v) is 2.42. The summed E-state index contributed by atoms with van der Waals surface area (Å²) in [4.78, 5) is 15.8. The molecule has 0 fully saturated rings. The van der Waals surface area contributed by atoms with E-state index in [9.17, 15) is 9.90 Å². The molecule has 0 aliphatic heterocycles.